The molecule has 7 nitrogen and oxygen atoms in total. The molecule has 0 radical (unpaired) electrons. The van der Waals surface area contributed by atoms with Gasteiger partial charge in [0.25, 0.3) is 5.91 Å². The highest BCUT2D eigenvalue weighted by Gasteiger charge is 2.35. The van der Waals surface area contributed by atoms with Crippen molar-refractivity contribution in [2.45, 2.75) is 12.5 Å². The maximum Gasteiger partial charge on any atom is 0.272 e. The predicted octanol–water partition coefficient (Wildman–Crippen LogP) is 2.43. The Kier molecular flexibility index (Phi) is 4.44. The topological polar surface area (TPSA) is 101 Å². The van der Waals surface area contributed by atoms with Crippen molar-refractivity contribution in [3.63, 3.8) is 0 Å². The summed E-state index contributed by atoms with van der Waals surface area (Å²) in [5, 5.41) is 9.22. The zero-order chi connectivity index (χ0) is 19.7. The van der Waals surface area contributed by atoms with E-state index in [9.17, 15) is 14.0 Å². The number of hydrogen-bond donors (Lipinski definition) is 2. The van der Waals surface area contributed by atoms with Crippen molar-refractivity contribution >= 4 is 39.8 Å². The number of anilines is 2. The van der Waals surface area contributed by atoms with Crippen LogP contribution in [0.4, 0.5) is 15.8 Å². The van der Waals surface area contributed by atoms with Gasteiger partial charge < -0.3 is 11.1 Å². The van der Waals surface area contributed by atoms with E-state index < -0.39 is 23.7 Å². The van der Waals surface area contributed by atoms with Gasteiger partial charge in [-0.25, -0.2) is 4.39 Å². The van der Waals surface area contributed by atoms with Crippen molar-refractivity contribution in [3.05, 3.63) is 66.6 Å². The second-order valence-electron chi connectivity index (χ2n) is 6.36. The normalized spacial score (nSPS) is 16.1. The molecule has 2 aromatic carbocycles. The van der Waals surface area contributed by atoms with Crippen LogP contribution in [0, 0.1) is 5.82 Å². The summed E-state index contributed by atoms with van der Waals surface area (Å²) in [6, 6.07) is 14.0. The molecule has 28 heavy (non-hydrogen) atoms. The molecule has 0 bridgehead atoms. The first-order chi connectivity index (χ1) is 13.5. The van der Waals surface area contributed by atoms with Crippen LogP contribution in [0.3, 0.4) is 0 Å². The van der Waals surface area contributed by atoms with Crippen molar-refractivity contribution in [2.24, 2.45) is 10.8 Å². The van der Waals surface area contributed by atoms with Gasteiger partial charge in [0.2, 0.25) is 5.91 Å². The second kappa shape index (κ2) is 7.07. The molecule has 3 N–H and O–H groups in total. The van der Waals surface area contributed by atoms with Crippen LogP contribution in [0.15, 0.2) is 65.9 Å². The van der Waals surface area contributed by atoms with Crippen LogP contribution in [-0.2, 0) is 9.59 Å². The lowest BCUT2D eigenvalue weighted by atomic mass is 10.1. The van der Waals surface area contributed by atoms with Crippen molar-refractivity contribution < 1.29 is 14.0 Å². The van der Waals surface area contributed by atoms with Crippen molar-refractivity contribution in [2.75, 3.05) is 10.3 Å². The van der Waals surface area contributed by atoms with Crippen LogP contribution >= 0.6 is 0 Å². The van der Waals surface area contributed by atoms with Gasteiger partial charge >= 0.3 is 0 Å². The van der Waals surface area contributed by atoms with Crippen LogP contribution in [0.25, 0.3) is 10.9 Å². The number of carbonyl (C=O) groups excluding carboxylic acids is 2. The summed E-state index contributed by atoms with van der Waals surface area (Å²) in [6.45, 7) is 0. The molecule has 2 amide bonds. The van der Waals surface area contributed by atoms with Gasteiger partial charge in [0, 0.05) is 11.8 Å². The molecule has 1 aliphatic rings. The molecular weight excluding hydrogens is 361 g/mol. The number of hydrazone groups is 1. The molecule has 1 atom stereocenters. The first kappa shape index (κ1) is 17.6. The monoisotopic (exact) mass is 377 g/mol. The summed E-state index contributed by atoms with van der Waals surface area (Å²) in [5.74, 6) is -1.49. The number of benzene rings is 2. The maximum atomic E-state index is 13.2. The van der Waals surface area contributed by atoms with Crippen LogP contribution in [-0.4, -0.2) is 28.6 Å². The first-order valence-electron chi connectivity index (χ1n) is 8.59. The van der Waals surface area contributed by atoms with Gasteiger partial charge in [0.1, 0.15) is 17.6 Å². The van der Waals surface area contributed by atoms with Gasteiger partial charge in [0.15, 0.2) is 0 Å². The number of hydrogen-bond acceptors (Lipinski definition) is 5. The van der Waals surface area contributed by atoms with Crippen molar-refractivity contribution in [1.82, 2.24) is 4.98 Å². The van der Waals surface area contributed by atoms with E-state index in [4.69, 9.17) is 5.73 Å². The second-order valence-corrected chi connectivity index (χ2v) is 6.36. The van der Waals surface area contributed by atoms with Gasteiger partial charge in [-0.2, -0.15) is 5.10 Å². The van der Waals surface area contributed by atoms with Gasteiger partial charge in [-0.1, -0.05) is 18.2 Å². The van der Waals surface area contributed by atoms with E-state index in [1.54, 1.807) is 12.3 Å². The van der Waals surface area contributed by atoms with Crippen LogP contribution in [0.1, 0.15) is 6.42 Å². The molecule has 8 heteroatoms. The maximum absolute atomic E-state index is 13.2. The fraction of sp³-hybridized carbons (Fsp3) is 0.100. The lowest BCUT2D eigenvalue weighted by Gasteiger charge is -2.20. The van der Waals surface area contributed by atoms with E-state index in [2.05, 4.69) is 15.4 Å². The third-order valence-corrected chi connectivity index (χ3v) is 4.44. The Morgan fingerprint density at radius 3 is 2.64 bits per heavy atom. The highest BCUT2D eigenvalue weighted by atomic mass is 19.1. The summed E-state index contributed by atoms with van der Waals surface area (Å²) < 4.78 is 13.2. The fourth-order valence-electron chi connectivity index (χ4n) is 3.04. The van der Waals surface area contributed by atoms with Crippen LogP contribution in [0.5, 0.6) is 0 Å². The Bertz CT molecular complexity index is 1100. The third-order valence-electron chi connectivity index (χ3n) is 4.44. The largest absolute Gasteiger partial charge is 0.368 e. The Morgan fingerprint density at radius 1 is 1.14 bits per heavy atom. The summed E-state index contributed by atoms with van der Waals surface area (Å²) in [5.41, 5.74) is 7.42. The quantitative estimate of drug-likeness (QED) is 0.729. The van der Waals surface area contributed by atoms with E-state index in [-0.39, 0.29) is 12.1 Å². The molecule has 0 fully saturated rings. The molecule has 2 heterocycles. The van der Waals surface area contributed by atoms with Gasteiger partial charge in [-0.05, 0) is 36.4 Å². The van der Waals surface area contributed by atoms with Crippen molar-refractivity contribution in [1.29, 1.82) is 0 Å². The molecule has 0 saturated heterocycles. The number of nitrogens with two attached hydrogens (primary N) is 1. The number of amides is 2. The number of carbonyl (C=O) groups is 2. The minimum Gasteiger partial charge on any atom is -0.368 e. The average molecular weight is 377 g/mol. The Labute approximate surface area is 159 Å². The van der Waals surface area contributed by atoms with Crippen LogP contribution < -0.4 is 16.1 Å². The van der Waals surface area contributed by atoms with Gasteiger partial charge in [-0.3, -0.25) is 19.6 Å². The predicted molar refractivity (Wildman–Crippen MR) is 104 cm³/mol. The smallest absolute Gasteiger partial charge is 0.272 e. The lowest BCUT2D eigenvalue weighted by molar-refractivity contribution is -0.119. The molecule has 0 aliphatic carbocycles. The minimum atomic E-state index is -0.819. The Hall–Kier alpha value is -3.81. The molecule has 0 unspecified atom stereocenters. The number of nitrogens with zero attached hydrogens (tertiary/aromatic N) is 3. The average Bonchev–Trinajstić information content (AvgIpc) is 3.14. The first-order valence-corrected chi connectivity index (χ1v) is 8.59. The summed E-state index contributed by atoms with van der Waals surface area (Å²) in [6.07, 6.45) is 1.61. The van der Waals surface area contributed by atoms with E-state index in [0.29, 0.717) is 11.4 Å². The summed E-state index contributed by atoms with van der Waals surface area (Å²) in [7, 11) is 0. The van der Waals surface area contributed by atoms with E-state index >= 15 is 0 Å². The number of nitrogens with one attached hydrogen (secondary N) is 1. The third kappa shape index (κ3) is 3.39. The highest BCUT2D eigenvalue weighted by Crippen LogP contribution is 2.25. The van der Waals surface area contributed by atoms with Crippen molar-refractivity contribution in [3.8, 4) is 0 Å². The molecule has 1 aromatic heterocycles. The molecular formula is C20H16FN5O2. The van der Waals surface area contributed by atoms with Gasteiger partial charge in [-0.15, -0.1) is 0 Å². The lowest BCUT2D eigenvalue weighted by Crippen LogP contribution is -2.39. The van der Waals surface area contributed by atoms with Crippen LogP contribution in [0.2, 0.25) is 0 Å². The standard InChI is InChI=1S/C20H16FN5O2/c21-13-5-7-15(8-6-13)26-18(19(22)27)10-17(25-26)20(28)24-14-9-12-3-1-2-4-16(12)23-11-14/h1-9,11,18H,10H2,(H2,22,27)(H,24,28)/t18-/m1/s1. The molecule has 3 aromatic rings. The molecule has 1 aliphatic heterocycles. The number of halogens is 1. The van der Waals surface area contributed by atoms with E-state index in [0.717, 1.165) is 10.9 Å². The fourth-order valence-corrected chi connectivity index (χ4v) is 3.04. The number of fused-ring (bicyclic) bond motifs is 1. The molecule has 140 valence electrons. The molecule has 0 saturated carbocycles. The summed E-state index contributed by atoms with van der Waals surface area (Å²) in [4.78, 5) is 28.8. The summed E-state index contributed by atoms with van der Waals surface area (Å²) >= 11 is 0. The highest BCUT2D eigenvalue weighted by molar-refractivity contribution is 6.44. The SMILES string of the molecule is NC(=O)[C@H]1CC(C(=O)Nc2cnc3ccccc3c2)=NN1c1ccc(F)cc1. The molecule has 4 rings (SSSR count). The number of rotatable bonds is 4. The Morgan fingerprint density at radius 2 is 1.89 bits per heavy atom. The zero-order valence-electron chi connectivity index (χ0n) is 14.7. The minimum absolute atomic E-state index is 0.0551. The van der Waals surface area contributed by atoms with E-state index in [1.165, 1.54) is 29.3 Å². The van der Waals surface area contributed by atoms with E-state index in [1.807, 2.05) is 24.3 Å². The zero-order valence-corrected chi connectivity index (χ0v) is 14.7. The number of para-hydroxylation sites is 1. The molecule has 0 spiro atoms. The Balaban J connectivity index is 1.58. The number of pyridine rings is 1. The van der Waals surface area contributed by atoms with Gasteiger partial charge in [0.05, 0.1) is 23.1 Å². The number of primary amides is 1. The number of aromatic nitrogens is 1.